The predicted molar refractivity (Wildman–Crippen MR) is 105 cm³/mol. The van der Waals surface area contributed by atoms with Crippen LogP contribution in [-0.2, 0) is 14.8 Å². The molecule has 1 fully saturated rings. The van der Waals surface area contributed by atoms with Crippen LogP contribution in [0.25, 0.3) is 0 Å². The van der Waals surface area contributed by atoms with E-state index < -0.39 is 16.0 Å². The molecule has 1 saturated heterocycles. The molecule has 0 aromatic heterocycles. The first kappa shape index (κ1) is 19.9. The highest BCUT2D eigenvalue weighted by molar-refractivity contribution is 7.89. The minimum atomic E-state index is -3.63. The molecule has 0 N–H and O–H groups in total. The van der Waals surface area contributed by atoms with Gasteiger partial charge >= 0.3 is 5.97 Å². The van der Waals surface area contributed by atoms with Crippen LogP contribution in [0.15, 0.2) is 53.4 Å². The number of rotatable bonds is 4. The van der Waals surface area contributed by atoms with Gasteiger partial charge in [0.15, 0.2) is 0 Å². The molecule has 5 nitrogen and oxygen atoms in total. The molecule has 1 heterocycles. The Hall–Kier alpha value is -1.89. The number of esters is 1. The number of hydrogen-bond donors (Lipinski definition) is 0. The fraction of sp³-hybridized carbons (Fsp3) is 0.350. The van der Waals surface area contributed by atoms with Gasteiger partial charge in [-0.2, -0.15) is 4.31 Å². The fourth-order valence-electron chi connectivity index (χ4n) is 3.36. The summed E-state index contributed by atoms with van der Waals surface area (Å²) in [6.07, 6.45) is 2.74. The number of ether oxygens (including phenoxy) is 1. The molecule has 144 valence electrons. The summed E-state index contributed by atoms with van der Waals surface area (Å²) >= 11 is 5.97. The number of benzene rings is 2. The highest BCUT2D eigenvalue weighted by Gasteiger charge is 2.29. The van der Waals surface area contributed by atoms with Crippen LogP contribution >= 0.6 is 11.6 Å². The van der Waals surface area contributed by atoms with Crippen LogP contribution in [0.3, 0.4) is 0 Å². The number of halogens is 1. The van der Waals surface area contributed by atoms with Crippen molar-refractivity contribution in [1.29, 1.82) is 0 Å². The van der Waals surface area contributed by atoms with E-state index in [-0.39, 0.29) is 10.8 Å². The van der Waals surface area contributed by atoms with Crippen molar-refractivity contribution in [3.05, 3.63) is 64.7 Å². The van der Waals surface area contributed by atoms with E-state index in [0.717, 1.165) is 24.8 Å². The second kappa shape index (κ2) is 8.42. The molecule has 27 heavy (non-hydrogen) atoms. The summed E-state index contributed by atoms with van der Waals surface area (Å²) in [7, 11) is -2.34. The Bertz CT molecular complexity index is 895. The summed E-state index contributed by atoms with van der Waals surface area (Å²) in [6, 6.07) is 13.5. The third-order valence-corrected chi connectivity index (χ3v) is 7.02. The summed E-state index contributed by atoms with van der Waals surface area (Å²) in [5.41, 5.74) is 1.42. The zero-order chi connectivity index (χ0) is 19.4. The Balaban J connectivity index is 1.84. The van der Waals surface area contributed by atoms with Crippen molar-refractivity contribution in [3.8, 4) is 0 Å². The van der Waals surface area contributed by atoms with Gasteiger partial charge in [-0.05, 0) is 60.7 Å². The summed E-state index contributed by atoms with van der Waals surface area (Å²) in [6.45, 7) is 0.924. The first-order valence-corrected chi connectivity index (χ1v) is 10.7. The molecule has 2 aromatic rings. The number of sulfonamides is 1. The van der Waals surface area contributed by atoms with Crippen LogP contribution in [0, 0.1) is 0 Å². The number of carbonyl (C=O) groups excluding carboxylic acids is 1. The van der Waals surface area contributed by atoms with Gasteiger partial charge in [-0.1, -0.05) is 30.2 Å². The molecule has 1 atom stereocenters. The molecule has 0 saturated carbocycles. The Kier molecular flexibility index (Phi) is 6.19. The van der Waals surface area contributed by atoms with E-state index in [1.165, 1.54) is 31.4 Å². The second-order valence-electron chi connectivity index (χ2n) is 6.62. The Morgan fingerprint density at radius 2 is 1.74 bits per heavy atom. The van der Waals surface area contributed by atoms with Gasteiger partial charge in [0.1, 0.15) is 0 Å². The summed E-state index contributed by atoms with van der Waals surface area (Å²) in [5.74, 6) is -0.356. The lowest BCUT2D eigenvalue weighted by molar-refractivity contribution is 0.0600. The lowest BCUT2D eigenvalue weighted by Crippen LogP contribution is -2.34. The van der Waals surface area contributed by atoms with Crippen molar-refractivity contribution in [3.63, 3.8) is 0 Å². The number of carbonyl (C=O) groups is 1. The average Bonchev–Trinajstić information content (AvgIpc) is 2.95. The van der Waals surface area contributed by atoms with Crippen molar-refractivity contribution in [2.75, 3.05) is 20.2 Å². The number of hydrogen-bond acceptors (Lipinski definition) is 4. The van der Waals surface area contributed by atoms with Crippen molar-refractivity contribution >= 4 is 27.6 Å². The minimum absolute atomic E-state index is 0.133. The van der Waals surface area contributed by atoms with E-state index in [4.69, 9.17) is 11.6 Å². The Morgan fingerprint density at radius 1 is 1.07 bits per heavy atom. The van der Waals surface area contributed by atoms with Gasteiger partial charge in [0.05, 0.1) is 17.6 Å². The van der Waals surface area contributed by atoms with E-state index in [9.17, 15) is 13.2 Å². The van der Waals surface area contributed by atoms with E-state index in [0.29, 0.717) is 23.7 Å². The van der Waals surface area contributed by atoms with Gasteiger partial charge in [-0.3, -0.25) is 0 Å². The molecule has 0 bridgehead atoms. The molecular formula is C20H22ClNO4S. The smallest absolute Gasteiger partial charge is 0.337 e. The van der Waals surface area contributed by atoms with Crippen molar-refractivity contribution in [1.82, 2.24) is 4.31 Å². The van der Waals surface area contributed by atoms with Crippen LogP contribution in [0.2, 0.25) is 5.02 Å². The van der Waals surface area contributed by atoms with Crippen LogP contribution in [0.4, 0.5) is 0 Å². The van der Waals surface area contributed by atoms with E-state index in [1.54, 1.807) is 4.31 Å². The highest BCUT2D eigenvalue weighted by atomic mass is 35.5. The second-order valence-corrected chi connectivity index (χ2v) is 9.00. The fourth-order valence-corrected chi connectivity index (χ4v) is 5.01. The average molecular weight is 408 g/mol. The van der Waals surface area contributed by atoms with Gasteiger partial charge in [0, 0.05) is 18.1 Å². The maximum absolute atomic E-state index is 13.1. The normalized spacial score (nSPS) is 18.7. The summed E-state index contributed by atoms with van der Waals surface area (Å²) in [4.78, 5) is 11.7. The van der Waals surface area contributed by atoms with Crippen molar-refractivity contribution in [2.24, 2.45) is 0 Å². The maximum Gasteiger partial charge on any atom is 0.337 e. The lowest BCUT2D eigenvalue weighted by atomic mass is 9.95. The standard InChI is InChI=1S/C20H22ClNO4S/c1-26-20(23)16-7-11-19(12-8-16)27(24,25)22-13-3-2-4-17(14-22)15-5-9-18(21)10-6-15/h5-12,17H,2-4,13-14H2,1H3. The monoisotopic (exact) mass is 407 g/mol. The van der Waals surface area contributed by atoms with Gasteiger partial charge < -0.3 is 4.74 Å². The minimum Gasteiger partial charge on any atom is -0.465 e. The molecule has 1 aliphatic heterocycles. The predicted octanol–water partition coefficient (Wildman–Crippen LogP) is 4.09. The number of methoxy groups -OCH3 is 1. The Labute approximate surface area is 165 Å². The highest BCUT2D eigenvalue weighted by Crippen LogP contribution is 2.30. The third kappa shape index (κ3) is 4.51. The molecule has 1 aliphatic rings. The first-order valence-electron chi connectivity index (χ1n) is 8.86. The Morgan fingerprint density at radius 3 is 2.37 bits per heavy atom. The van der Waals surface area contributed by atoms with E-state index >= 15 is 0 Å². The molecule has 0 amide bonds. The lowest BCUT2D eigenvalue weighted by Gasteiger charge is -2.24. The van der Waals surface area contributed by atoms with Crippen LogP contribution in [0.5, 0.6) is 0 Å². The van der Waals surface area contributed by atoms with Crippen LogP contribution in [0.1, 0.15) is 41.1 Å². The molecule has 0 aliphatic carbocycles. The molecule has 7 heteroatoms. The molecule has 0 spiro atoms. The van der Waals surface area contributed by atoms with E-state index in [1.807, 2.05) is 24.3 Å². The van der Waals surface area contributed by atoms with E-state index in [2.05, 4.69) is 4.74 Å². The molecule has 3 rings (SSSR count). The van der Waals surface area contributed by atoms with Crippen molar-refractivity contribution < 1.29 is 17.9 Å². The van der Waals surface area contributed by atoms with Gasteiger partial charge in [0.2, 0.25) is 10.0 Å². The molecule has 1 unspecified atom stereocenters. The van der Waals surface area contributed by atoms with Gasteiger partial charge in [0.25, 0.3) is 0 Å². The van der Waals surface area contributed by atoms with Crippen LogP contribution in [-0.4, -0.2) is 38.9 Å². The number of nitrogens with zero attached hydrogens (tertiary/aromatic N) is 1. The summed E-state index contributed by atoms with van der Waals surface area (Å²) in [5, 5.41) is 0.669. The third-order valence-electron chi connectivity index (χ3n) is 4.89. The molecule has 0 radical (unpaired) electrons. The van der Waals surface area contributed by atoms with Crippen molar-refractivity contribution in [2.45, 2.75) is 30.1 Å². The zero-order valence-electron chi connectivity index (χ0n) is 15.1. The molecular weight excluding hydrogens is 386 g/mol. The topological polar surface area (TPSA) is 63.7 Å². The zero-order valence-corrected chi connectivity index (χ0v) is 16.7. The first-order chi connectivity index (χ1) is 12.9. The SMILES string of the molecule is COC(=O)c1ccc(S(=O)(=O)N2CCCCC(c3ccc(Cl)cc3)C2)cc1. The quantitative estimate of drug-likeness (QED) is 0.716. The summed E-state index contributed by atoms with van der Waals surface area (Å²) < 4.78 is 32.4. The van der Waals surface area contributed by atoms with Gasteiger partial charge in [-0.15, -0.1) is 0 Å². The maximum atomic E-state index is 13.1. The largest absolute Gasteiger partial charge is 0.465 e. The molecule has 2 aromatic carbocycles. The van der Waals surface area contributed by atoms with Gasteiger partial charge in [-0.25, -0.2) is 13.2 Å². The van der Waals surface area contributed by atoms with Crippen LogP contribution < -0.4 is 0 Å².